The van der Waals surface area contributed by atoms with Crippen LogP contribution in [0.3, 0.4) is 0 Å². The van der Waals surface area contributed by atoms with E-state index in [-0.39, 0.29) is 22.7 Å². The summed E-state index contributed by atoms with van der Waals surface area (Å²) in [7, 11) is 2.00. The summed E-state index contributed by atoms with van der Waals surface area (Å²) in [6.45, 7) is 0.733. The highest BCUT2D eigenvalue weighted by Crippen LogP contribution is 2.26. The van der Waals surface area contributed by atoms with Gasteiger partial charge in [0.2, 0.25) is 0 Å². The first-order chi connectivity index (χ1) is 16.0. The monoisotopic (exact) mass is 518 g/mol. The van der Waals surface area contributed by atoms with Crippen molar-refractivity contribution in [2.45, 2.75) is 57.4 Å². The second-order valence-electron chi connectivity index (χ2n) is 8.22. The molecule has 2 aromatic rings. The maximum Gasteiger partial charge on any atom is 0.491 e. The van der Waals surface area contributed by atoms with E-state index in [4.69, 9.17) is 23.2 Å². The summed E-state index contributed by atoms with van der Waals surface area (Å²) in [5, 5.41) is 0.395. The maximum absolute atomic E-state index is 12.8. The Bertz CT molecular complexity index is 1110. The van der Waals surface area contributed by atoms with Crippen molar-refractivity contribution in [2.24, 2.45) is 0 Å². The van der Waals surface area contributed by atoms with Crippen LogP contribution in [0.5, 0.6) is 0 Å². The maximum atomic E-state index is 12.8. The molecule has 0 N–H and O–H groups in total. The third-order valence-corrected chi connectivity index (χ3v) is 6.48. The van der Waals surface area contributed by atoms with Gasteiger partial charge in [-0.05, 0) is 50.1 Å². The highest BCUT2D eigenvalue weighted by Gasteiger charge is 2.42. The summed E-state index contributed by atoms with van der Waals surface area (Å²) in [4.78, 5) is 37.5. The molecule has 1 aliphatic rings. The number of hydrogen-bond donors (Lipinski definition) is 0. The Morgan fingerprint density at radius 2 is 1.74 bits per heavy atom. The number of rotatable bonds is 7. The van der Waals surface area contributed by atoms with Gasteiger partial charge in [-0.2, -0.15) is 13.2 Å². The number of aryl methyl sites for hydroxylation is 1. The Morgan fingerprint density at radius 1 is 1.12 bits per heavy atom. The SMILES string of the molecule is CN(Cc1c(Cl)cc(Cl)c(=O)n1CCc1ccc(C(=O)OC(=O)C(F)(F)F)cc1)C1CCCC1. The van der Waals surface area contributed by atoms with Crippen LogP contribution in [0.1, 0.15) is 47.3 Å². The number of benzene rings is 1. The molecule has 1 aromatic carbocycles. The van der Waals surface area contributed by atoms with Gasteiger partial charge in [0.05, 0.1) is 16.3 Å². The highest BCUT2D eigenvalue weighted by atomic mass is 35.5. The highest BCUT2D eigenvalue weighted by molar-refractivity contribution is 6.34. The zero-order valence-electron chi connectivity index (χ0n) is 18.3. The molecule has 1 heterocycles. The second-order valence-corrected chi connectivity index (χ2v) is 9.03. The van der Waals surface area contributed by atoms with Crippen LogP contribution in [0.2, 0.25) is 10.0 Å². The lowest BCUT2D eigenvalue weighted by Gasteiger charge is -2.26. The molecule has 1 aromatic heterocycles. The summed E-state index contributed by atoms with van der Waals surface area (Å²) >= 11 is 12.5. The average molecular weight is 519 g/mol. The number of nitrogens with zero attached hydrogens (tertiary/aromatic N) is 2. The van der Waals surface area contributed by atoms with E-state index in [9.17, 15) is 27.6 Å². The number of esters is 2. The summed E-state index contributed by atoms with van der Waals surface area (Å²) < 4.78 is 42.1. The first-order valence-corrected chi connectivity index (χ1v) is 11.4. The summed E-state index contributed by atoms with van der Waals surface area (Å²) in [5.41, 5.74) is 0.781. The predicted molar refractivity (Wildman–Crippen MR) is 121 cm³/mol. The van der Waals surface area contributed by atoms with Gasteiger partial charge in [-0.1, -0.05) is 48.2 Å². The summed E-state index contributed by atoms with van der Waals surface area (Å²) in [6.07, 6.45) is -0.364. The zero-order chi connectivity index (χ0) is 25.0. The molecule has 0 saturated heterocycles. The predicted octanol–water partition coefficient (Wildman–Crippen LogP) is 5.02. The van der Waals surface area contributed by atoms with Gasteiger partial charge in [0, 0.05) is 19.1 Å². The number of hydrogen-bond acceptors (Lipinski definition) is 5. The summed E-state index contributed by atoms with van der Waals surface area (Å²) in [5.74, 6) is -3.97. The molecule has 3 rings (SSSR count). The number of aromatic nitrogens is 1. The van der Waals surface area contributed by atoms with Crippen LogP contribution in [0, 0.1) is 0 Å². The minimum atomic E-state index is -5.26. The molecule has 1 fully saturated rings. The van der Waals surface area contributed by atoms with Gasteiger partial charge >= 0.3 is 18.1 Å². The minimum absolute atomic E-state index is 0.00435. The van der Waals surface area contributed by atoms with Crippen LogP contribution >= 0.6 is 23.2 Å². The van der Waals surface area contributed by atoms with Gasteiger partial charge in [0.25, 0.3) is 5.56 Å². The lowest BCUT2D eigenvalue weighted by molar-refractivity contribution is -0.193. The van der Waals surface area contributed by atoms with E-state index in [0.717, 1.165) is 12.8 Å². The second kappa shape index (κ2) is 10.9. The number of halogens is 5. The van der Waals surface area contributed by atoms with Crippen molar-refractivity contribution in [1.82, 2.24) is 9.47 Å². The molecule has 0 aliphatic heterocycles. The molecule has 0 radical (unpaired) electrons. The Kier molecular flexibility index (Phi) is 8.43. The largest absolute Gasteiger partial charge is 0.491 e. The normalized spacial score (nSPS) is 14.6. The molecule has 34 heavy (non-hydrogen) atoms. The smallest absolute Gasteiger partial charge is 0.383 e. The first-order valence-electron chi connectivity index (χ1n) is 10.7. The van der Waals surface area contributed by atoms with E-state index < -0.39 is 18.1 Å². The molecule has 0 spiro atoms. The van der Waals surface area contributed by atoms with Crippen molar-refractivity contribution < 1.29 is 27.5 Å². The van der Waals surface area contributed by atoms with E-state index in [2.05, 4.69) is 9.64 Å². The van der Waals surface area contributed by atoms with Crippen molar-refractivity contribution in [3.63, 3.8) is 0 Å². The number of ether oxygens (including phenoxy) is 1. The van der Waals surface area contributed by atoms with E-state index in [1.165, 1.54) is 47.7 Å². The minimum Gasteiger partial charge on any atom is -0.383 e. The molecule has 11 heteroatoms. The van der Waals surface area contributed by atoms with Gasteiger partial charge < -0.3 is 9.30 Å². The van der Waals surface area contributed by atoms with Crippen molar-refractivity contribution in [2.75, 3.05) is 7.05 Å². The number of carbonyl (C=O) groups is 2. The van der Waals surface area contributed by atoms with Gasteiger partial charge in [0.1, 0.15) is 5.02 Å². The number of alkyl halides is 3. The fourth-order valence-corrected chi connectivity index (χ4v) is 4.53. The van der Waals surface area contributed by atoms with Gasteiger partial charge in [0.15, 0.2) is 0 Å². The Morgan fingerprint density at radius 3 is 2.32 bits per heavy atom. The lowest BCUT2D eigenvalue weighted by Crippen LogP contribution is -2.33. The van der Waals surface area contributed by atoms with Gasteiger partial charge in [-0.25, -0.2) is 9.59 Å². The molecule has 1 saturated carbocycles. The first kappa shape index (κ1) is 26.2. The van der Waals surface area contributed by atoms with Crippen LogP contribution in [0.25, 0.3) is 0 Å². The molecule has 1 aliphatic carbocycles. The van der Waals surface area contributed by atoms with Crippen LogP contribution in [0.15, 0.2) is 35.1 Å². The molecule has 6 nitrogen and oxygen atoms in total. The Balaban J connectivity index is 1.72. The molecular weight excluding hydrogens is 496 g/mol. The van der Waals surface area contributed by atoms with E-state index in [1.807, 2.05) is 7.05 Å². The van der Waals surface area contributed by atoms with Crippen molar-refractivity contribution in [3.05, 3.63) is 67.6 Å². The van der Waals surface area contributed by atoms with Crippen LogP contribution in [-0.2, 0) is 29.0 Å². The van der Waals surface area contributed by atoms with Gasteiger partial charge in [-0.3, -0.25) is 9.69 Å². The lowest BCUT2D eigenvalue weighted by atomic mass is 10.1. The van der Waals surface area contributed by atoms with Crippen LogP contribution in [-0.4, -0.2) is 40.7 Å². The quantitative estimate of drug-likeness (QED) is 0.380. The Labute approximate surface area is 204 Å². The standard InChI is InChI=1S/C23H23Cl2F3N2O4/c1-29(16-4-2-3-5-16)13-19-17(24)12-18(25)20(31)30(19)11-10-14-6-8-15(9-7-14)21(32)34-22(33)23(26,27)28/h6-9,12,16H,2-5,10-11,13H2,1H3. The van der Waals surface area contributed by atoms with Crippen molar-refractivity contribution in [3.8, 4) is 0 Å². The van der Waals surface area contributed by atoms with E-state index >= 15 is 0 Å². The summed E-state index contributed by atoms with van der Waals surface area (Å²) in [6, 6.07) is 7.40. The molecule has 0 bridgehead atoms. The van der Waals surface area contributed by atoms with E-state index in [1.54, 1.807) is 0 Å². The molecule has 0 unspecified atom stereocenters. The topological polar surface area (TPSA) is 68.6 Å². The third-order valence-electron chi connectivity index (χ3n) is 5.88. The molecule has 184 valence electrons. The molecule has 0 amide bonds. The fourth-order valence-electron chi connectivity index (χ4n) is 3.99. The zero-order valence-corrected chi connectivity index (χ0v) is 19.8. The van der Waals surface area contributed by atoms with Crippen molar-refractivity contribution in [1.29, 1.82) is 0 Å². The van der Waals surface area contributed by atoms with Crippen molar-refractivity contribution >= 4 is 35.1 Å². The number of pyridine rings is 1. The van der Waals surface area contributed by atoms with Gasteiger partial charge in [-0.15, -0.1) is 0 Å². The van der Waals surface area contributed by atoms with Crippen LogP contribution in [0.4, 0.5) is 13.2 Å². The van der Waals surface area contributed by atoms with E-state index in [0.29, 0.717) is 35.3 Å². The third kappa shape index (κ3) is 6.40. The molecular formula is C23H23Cl2F3N2O4. The number of carbonyl (C=O) groups excluding carboxylic acids is 2. The Hall–Kier alpha value is -2.36. The average Bonchev–Trinajstić information content (AvgIpc) is 3.32. The molecule has 0 atom stereocenters. The fraction of sp³-hybridized carbons (Fsp3) is 0.435. The van der Waals surface area contributed by atoms with Crippen LogP contribution < -0.4 is 5.56 Å².